The third-order valence-corrected chi connectivity index (χ3v) is 6.27. The van der Waals surface area contributed by atoms with Gasteiger partial charge in [0.2, 0.25) is 11.8 Å². The van der Waals surface area contributed by atoms with Gasteiger partial charge in [-0.2, -0.15) is 13.2 Å². The number of pyridine rings is 1. The first-order valence-electron chi connectivity index (χ1n) is 11.3. The van der Waals surface area contributed by atoms with Crippen molar-refractivity contribution >= 4 is 22.6 Å². The molecule has 11 heteroatoms. The molecular formula is C26H20F4N4O3. The van der Waals surface area contributed by atoms with Crippen molar-refractivity contribution in [2.24, 2.45) is 0 Å². The molecule has 1 saturated carbocycles. The summed E-state index contributed by atoms with van der Waals surface area (Å²) in [4.78, 5) is 24.7. The SMILES string of the molecule is COc1ccc2ncnc(Oc3ccc(CC(=O)Nc4cc(C5(C(F)(F)F)CC5)ccn4)c(F)c3)c2c1. The molecule has 2 heterocycles. The molecule has 0 aliphatic heterocycles. The number of halogens is 4. The maximum Gasteiger partial charge on any atom is 0.398 e. The number of benzene rings is 2. The van der Waals surface area contributed by atoms with Gasteiger partial charge < -0.3 is 14.8 Å². The molecule has 1 fully saturated rings. The lowest BCUT2D eigenvalue weighted by Crippen LogP contribution is -2.28. The summed E-state index contributed by atoms with van der Waals surface area (Å²) in [6.07, 6.45) is -2.21. The number of rotatable bonds is 7. The topological polar surface area (TPSA) is 86.2 Å². The van der Waals surface area contributed by atoms with E-state index in [1.165, 1.54) is 43.9 Å². The van der Waals surface area contributed by atoms with E-state index >= 15 is 0 Å². The predicted octanol–water partition coefficient (Wildman–Crippen LogP) is 5.74. The van der Waals surface area contributed by atoms with Crippen LogP contribution in [-0.4, -0.2) is 34.1 Å². The van der Waals surface area contributed by atoms with E-state index in [0.717, 1.165) is 6.07 Å². The molecule has 0 atom stereocenters. The Labute approximate surface area is 208 Å². The third kappa shape index (κ3) is 4.89. The van der Waals surface area contributed by atoms with Crippen molar-refractivity contribution in [2.75, 3.05) is 12.4 Å². The van der Waals surface area contributed by atoms with Crippen molar-refractivity contribution in [3.05, 3.63) is 78.0 Å². The summed E-state index contributed by atoms with van der Waals surface area (Å²) in [6.45, 7) is 0. The summed E-state index contributed by atoms with van der Waals surface area (Å²) in [5, 5.41) is 3.02. The molecule has 2 aromatic heterocycles. The molecule has 1 aliphatic carbocycles. The van der Waals surface area contributed by atoms with Crippen LogP contribution in [0.5, 0.6) is 17.4 Å². The standard InChI is InChI=1S/C26H20F4N4O3/c1-36-17-4-5-21-19(12-17)24(33-14-32-21)37-18-3-2-15(20(27)13-18)10-23(35)34-22-11-16(6-9-31-22)25(7-8-25)26(28,29)30/h2-6,9,11-14H,7-8,10H2,1H3,(H,31,34,35). The molecule has 0 saturated heterocycles. The van der Waals surface area contributed by atoms with Crippen LogP contribution in [0.3, 0.4) is 0 Å². The van der Waals surface area contributed by atoms with Gasteiger partial charge in [0, 0.05) is 12.3 Å². The largest absolute Gasteiger partial charge is 0.497 e. The average Bonchev–Trinajstić information content (AvgIpc) is 3.68. The van der Waals surface area contributed by atoms with Crippen molar-refractivity contribution in [2.45, 2.75) is 30.9 Å². The summed E-state index contributed by atoms with van der Waals surface area (Å²) in [5.41, 5.74) is -1.16. The zero-order chi connectivity index (χ0) is 26.2. The molecule has 4 aromatic rings. The number of carbonyl (C=O) groups is 1. The molecule has 190 valence electrons. The zero-order valence-electron chi connectivity index (χ0n) is 19.5. The van der Waals surface area contributed by atoms with E-state index in [-0.39, 0.29) is 47.8 Å². The number of methoxy groups -OCH3 is 1. The number of hydrogen-bond donors (Lipinski definition) is 1. The Kier molecular flexibility index (Phi) is 6.14. The number of ether oxygens (including phenoxy) is 2. The molecule has 5 rings (SSSR count). The van der Waals surface area contributed by atoms with Crippen LogP contribution in [0.1, 0.15) is 24.0 Å². The molecule has 0 radical (unpaired) electrons. The van der Waals surface area contributed by atoms with Crippen LogP contribution < -0.4 is 14.8 Å². The smallest absolute Gasteiger partial charge is 0.398 e. The van der Waals surface area contributed by atoms with Crippen molar-refractivity contribution < 1.29 is 31.8 Å². The van der Waals surface area contributed by atoms with Crippen LogP contribution in [-0.2, 0) is 16.6 Å². The van der Waals surface area contributed by atoms with Gasteiger partial charge in [-0.3, -0.25) is 4.79 Å². The molecule has 0 bridgehead atoms. The Morgan fingerprint density at radius 1 is 1.03 bits per heavy atom. The quantitative estimate of drug-likeness (QED) is 0.318. The Hall–Kier alpha value is -4.28. The van der Waals surface area contributed by atoms with E-state index in [0.29, 0.717) is 16.7 Å². The van der Waals surface area contributed by atoms with Crippen LogP contribution in [0.2, 0.25) is 0 Å². The number of nitrogens with one attached hydrogen (secondary N) is 1. The van der Waals surface area contributed by atoms with E-state index < -0.39 is 23.3 Å². The summed E-state index contributed by atoms with van der Waals surface area (Å²) >= 11 is 0. The molecule has 7 nitrogen and oxygen atoms in total. The van der Waals surface area contributed by atoms with Crippen molar-refractivity contribution in [3.63, 3.8) is 0 Å². The Bertz CT molecular complexity index is 1490. The van der Waals surface area contributed by atoms with Crippen molar-refractivity contribution in [1.82, 2.24) is 15.0 Å². The van der Waals surface area contributed by atoms with Gasteiger partial charge in [0.15, 0.2) is 0 Å². The van der Waals surface area contributed by atoms with Crippen LogP contribution in [0, 0.1) is 5.82 Å². The average molecular weight is 512 g/mol. The highest BCUT2D eigenvalue weighted by molar-refractivity contribution is 5.91. The van der Waals surface area contributed by atoms with Gasteiger partial charge in [0.1, 0.15) is 29.5 Å². The second-order valence-electron chi connectivity index (χ2n) is 8.65. The highest BCUT2D eigenvalue weighted by Crippen LogP contribution is 2.59. The highest BCUT2D eigenvalue weighted by Gasteiger charge is 2.64. The zero-order valence-corrected chi connectivity index (χ0v) is 19.5. The van der Waals surface area contributed by atoms with Gasteiger partial charge in [-0.15, -0.1) is 0 Å². The number of aromatic nitrogens is 3. The number of anilines is 1. The summed E-state index contributed by atoms with van der Waals surface area (Å²) < 4.78 is 66.0. The van der Waals surface area contributed by atoms with Gasteiger partial charge in [-0.1, -0.05) is 6.07 Å². The Morgan fingerprint density at radius 3 is 2.51 bits per heavy atom. The van der Waals surface area contributed by atoms with E-state index in [4.69, 9.17) is 9.47 Å². The van der Waals surface area contributed by atoms with E-state index in [2.05, 4.69) is 20.3 Å². The molecule has 0 spiro atoms. The van der Waals surface area contributed by atoms with Gasteiger partial charge in [0.05, 0.1) is 29.8 Å². The number of fused-ring (bicyclic) bond motifs is 1. The summed E-state index contributed by atoms with van der Waals surface area (Å²) in [7, 11) is 1.52. The van der Waals surface area contributed by atoms with E-state index in [1.54, 1.807) is 18.2 Å². The monoisotopic (exact) mass is 512 g/mol. The minimum absolute atomic E-state index is 0.00805. The van der Waals surface area contributed by atoms with Crippen LogP contribution in [0.4, 0.5) is 23.4 Å². The highest BCUT2D eigenvalue weighted by atomic mass is 19.4. The maximum absolute atomic E-state index is 14.8. The fourth-order valence-electron chi connectivity index (χ4n) is 4.08. The Balaban J connectivity index is 1.28. The van der Waals surface area contributed by atoms with Gasteiger partial charge >= 0.3 is 6.18 Å². The van der Waals surface area contributed by atoms with Crippen molar-refractivity contribution in [1.29, 1.82) is 0 Å². The van der Waals surface area contributed by atoms with Crippen molar-refractivity contribution in [3.8, 4) is 17.4 Å². The molecule has 37 heavy (non-hydrogen) atoms. The van der Waals surface area contributed by atoms with Crippen LogP contribution in [0.15, 0.2) is 61.1 Å². The molecule has 2 aromatic carbocycles. The fourth-order valence-corrected chi connectivity index (χ4v) is 4.08. The summed E-state index contributed by atoms with van der Waals surface area (Å²) in [5.74, 6) is -0.412. The predicted molar refractivity (Wildman–Crippen MR) is 126 cm³/mol. The first kappa shape index (κ1) is 24.4. The molecule has 0 unspecified atom stereocenters. The lowest BCUT2D eigenvalue weighted by Gasteiger charge is -2.20. The van der Waals surface area contributed by atoms with Gasteiger partial charge in [-0.05, 0) is 60.4 Å². The van der Waals surface area contributed by atoms with E-state index in [1.807, 2.05) is 0 Å². The third-order valence-electron chi connectivity index (χ3n) is 6.27. The number of hydrogen-bond acceptors (Lipinski definition) is 6. The van der Waals surface area contributed by atoms with Gasteiger partial charge in [-0.25, -0.2) is 19.3 Å². The maximum atomic E-state index is 14.8. The Morgan fingerprint density at radius 2 is 1.81 bits per heavy atom. The minimum Gasteiger partial charge on any atom is -0.497 e. The molecule has 1 amide bonds. The van der Waals surface area contributed by atoms with Crippen LogP contribution in [0.25, 0.3) is 10.9 Å². The first-order chi connectivity index (χ1) is 17.7. The summed E-state index contributed by atoms with van der Waals surface area (Å²) in [6, 6.07) is 11.7. The first-order valence-corrected chi connectivity index (χ1v) is 11.3. The molecule has 1 aliphatic rings. The lowest BCUT2D eigenvalue weighted by atomic mass is 9.96. The molecule has 1 N–H and O–H groups in total. The number of alkyl halides is 3. The van der Waals surface area contributed by atoms with E-state index in [9.17, 15) is 22.4 Å². The van der Waals surface area contributed by atoms with Gasteiger partial charge in [0.25, 0.3) is 0 Å². The van der Waals surface area contributed by atoms with Crippen LogP contribution >= 0.6 is 0 Å². The second-order valence-corrected chi connectivity index (χ2v) is 8.65. The molecular weight excluding hydrogens is 492 g/mol. The second kappa shape index (κ2) is 9.30. The number of amides is 1. The minimum atomic E-state index is -4.38. The number of nitrogens with zero attached hydrogens (tertiary/aromatic N) is 3. The normalized spacial score (nSPS) is 14.3. The lowest BCUT2D eigenvalue weighted by molar-refractivity contribution is -0.160. The fraction of sp³-hybridized carbons (Fsp3) is 0.231. The number of carbonyl (C=O) groups excluding carboxylic acids is 1.